The van der Waals surface area contributed by atoms with Gasteiger partial charge in [-0.3, -0.25) is 4.99 Å². The fourth-order valence-corrected chi connectivity index (χ4v) is 2.59. The van der Waals surface area contributed by atoms with Crippen molar-refractivity contribution in [2.45, 2.75) is 6.92 Å². The minimum atomic E-state index is -1.11. The molecule has 7 heteroatoms. The number of aliphatic imine (C=N–C) groups is 1. The molecule has 1 N–H and O–H groups in total. The van der Waals surface area contributed by atoms with Crippen LogP contribution in [0, 0.1) is 6.92 Å². The van der Waals surface area contributed by atoms with Crippen molar-refractivity contribution < 1.29 is 14.6 Å². The van der Waals surface area contributed by atoms with Crippen LogP contribution in [-0.4, -0.2) is 23.9 Å². The Bertz CT molecular complexity index is 752. The van der Waals surface area contributed by atoms with Gasteiger partial charge in [0.1, 0.15) is 0 Å². The van der Waals surface area contributed by atoms with Crippen molar-refractivity contribution in [2.24, 2.45) is 4.99 Å². The van der Waals surface area contributed by atoms with Crippen LogP contribution in [0.2, 0.25) is 15.1 Å². The van der Waals surface area contributed by atoms with Gasteiger partial charge >= 0.3 is 5.97 Å². The van der Waals surface area contributed by atoms with E-state index in [9.17, 15) is 4.79 Å². The van der Waals surface area contributed by atoms with Gasteiger partial charge in [0.2, 0.25) is 0 Å². The first kappa shape index (κ1) is 17.6. The predicted octanol–water partition coefficient (Wildman–Crippen LogP) is 5.17. The van der Waals surface area contributed by atoms with Crippen LogP contribution in [0.1, 0.15) is 11.1 Å². The summed E-state index contributed by atoms with van der Waals surface area (Å²) in [5.41, 5.74) is 2.25. The van der Waals surface area contributed by atoms with Gasteiger partial charge < -0.3 is 9.84 Å². The summed E-state index contributed by atoms with van der Waals surface area (Å²) in [7, 11) is 0. The Morgan fingerprint density at radius 1 is 1.22 bits per heavy atom. The second kappa shape index (κ2) is 7.68. The molecule has 0 aliphatic carbocycles. The van der Waals surface area contributed by atoms with Crippen molar-refractivity contribution in [3.63, 3.8) is 0 Å². The monoisotopic (exact) mass is 371 g/mol. The zero-order valence-corrected chi connectivity index (χ0v) is 14.3. The fraction of sp³-hybridized carbons (Fsp3) is 0.125. The summed E-state index contributed by atoms with van der Waals surface area (Å²) in [6, 6.07) is 8.62. The van der Waals surface area contributed by atoms with E-state index in [0.717, 1.165) is 11.3 Å². The maximum atomic E-state index is 10.5. The third-order valence-corrected chi connectivity index (χ3v) is 3.92. The first-order valence-electron chi connectivity index (χ1n) is 6.51. The van der Waals surface area contributed by atoms with E-state index in [4.69, 9.17) is 44.6 Å². The Hall–Kier alpha value is -1.75. The molecule has 0 heterocycles. The van der Waals surface area contributed by atoms with Crippen molar-refractivity contribution in [3.8, 4) is 5.75 Å². The van der Waals surface area contributed by atoms with Crippen LogP contribution < -0.4 is 4.74 Å². The highest BCUT2D eigenvalue weighted by Crippen LogP contribution is 2.34. The van der Waals surface area contributed by atoms with E-state index in [1.54, 1.807) is 24.4 Å². The van der Waals surface area contributed by atoms with Crippen molar-refractivity contribution in [1.29, 1.82) is 0 Å². The van der Waals surface area contributed by atoms with Gasteiger partial charge in [-0.05, 0) is 42.3 Å². The third-order valence-electron chi connectivity index (χ3n) is 2.95. The van der Waals surface area contributed by atoms with E-state index in [2.05, 4.69) is 4.99 Å². The number of nitrogens with zero attached hydrogens (tertiary/aromatic N) is 1. The Labute approximate surface area is 148 Å². The van der Waals surface area contributed by atoms with Gasteiger partial charge in [-0.2, -0.15) is 0 Å². The predicted molar refractivity (Wildman–Crippen MR) is 93.0 cm³/mol. The molecular formula is C16H12Cl3NO3. The van der Waals surface area contributed by atoms with Crippen LogP contribution in [0.3, 0.4) is 0 Å². The maximum absolute atomic E-state index is 10.5. The maximum Gasteiger partial charge on any atom is 0.341 e. The molecule has 4 nitrogen and oxygen atoms in total. The molecule has 0 fully saturated rings. The smallest absolute Gasteiger partial charge is 0.341 e. The molecule has 120 valence electrons. The molecule has 0 spiro atoms. The average Bonchev–Trinajstić information content (AvgIpc) is 2.47. The lowest BCUT2D eigenvalue weighted by molar-refractivity contribution is -0.139. The lowest BCUT2D eigenvalue weighted by atomic mass is 10.2. The van der Waals surface area contributed by atoms with Gasteiger partial charge in [0.15, 0.2) is 12.4 Å². The number of carboxylic acids is 1. The zero-order chi connectivity index (χ0) is 17.0. The standard InChI is InChI=1S/C16H12Cl3NO3/c1-9-11(17)3-2-4-14(9)20-7-10-5-12(18)16(13(19)6-10)23-8-15(21)22/h2-7H,8H2,1H3,(H,21,22). The summed E-state index contributed by atoms with van der Waals surface area (Å²) in [5, 5.41) is 9.68. The average molecular weight is 373 g/mol. The van der Waals surface area contributed by atoms with Gasteiger partial charge in [0, 0.05) is 11.2 Å². The summed E-state index contributed by atoms with van der Waals surface area (Å²) in [4.78, 5) is 14.9. The molecular weight excluding hydrogens is 361 g/mol. The van der Waals surface area contributed by atoms with Gasteiger partial charge in [0.25, 0.3) is 0 Å². The molecule has 0 radical (unpaired) electrons. The van der Waals surface area contributed by atoms with E-state index in [-0.39, 0.29) is 15.8 Å². The number of rotatable bonds is 5. The first-order chi connectivity index (χ1) is 10.9. The van der Waals surface area contributed by atoms with Crippen LogP contribution in [0.25, 0.3) is 0 Å². The molecule has 0 atom stereocenters. The molecule has 2 rings (SSSR count). The quantitative estimate of drug-likeness (QED) is 0.737. The number of hydrogen-bond acceptors (Lipinski definition) is 3. The Kier molecular flexibility index (Phi) is 5.88. The number of hydrogen-bond donors (Lipinski definition) is 1. The van der Waals surface area contributed by atoms with Gasteiger partial charge in [0.05, 0.1) is 15.7 Å². The molecule has 0 bridgehead atoms. The van der Waals surface area contributed by atoms with Crippen LogP contribution in [0.15, 0.2) is 35.3 Å². The SMILES string of the molecule is Cc1c(Cl)cccc1N=Cc1cc(Cl)c(OCC(=O)O)c(Cl)c1. The topological polar surface area (TPSA) is 58.9 Å². The molecule has 0 aliphatic rings. The number of ether oxygens (including phenoxy) is 1. The van der Waals surface area contributed by atoms with E-state index in [0.29, 0.717) is 10.6 Å². The van der Waals surface area contributed by atoms with Gasteiger partial charge in [-0.25, -0.2) is 4.79 Å². The van der Waals surface area contributed by atoms with Crippen molar-refractivity contribution in [2.75, 3.05) is 6.61 Å². The number of carboxylic acid groups (broad SMARTS) is 1. The van der Waals surface area contributed by atoms with Crippen LogP contribution >= 0.6 is 34.8 Å². The van der Waals surface area contributed by atoms with E-state index < -0.39 is 12.6 Å². The number of carbonyl (C=O) groups is 1. The van der Waals surface area contributed by atoms with Crippen molar-refractivity contribution >= 4 is 52.7 Å². The lowest BCUT2D eigenvalue weighted by Crippen LogP contribution is -2.10. The molecule has 0 aromatic heterocycles. The fourth-order valence-electron chi connectivity index (χ4n) is 1.81. The van der Waals surface area contributed by atoms with E-state index in [1.807, 2.05) is 19.1 Å². The van der Waals surface area contributed by atoms with Crippen LogP contribution in [0.5, 0.6) is 5.75 Å². The summed E-state index contributed by atoms with van der Waals surface area (Å²) in [5.74, 6) is -0.981. The second-order valence-corrected chi connectivity index (χ2v) is 5.86. The van der Waals surface area contributed by atoms with E-state index >= 15 is 0 Å². The van der Waals surface area contributed by atoms with Crippen LogP contribution in [0.4, 0.5) is 5.69 Å². The highest BCUT2D eigenvalue weighted by Gasteiger charge is 2.11. The minimum absolute atomic E-state index is 0.131. The minimum Gasteiger partial charge on any atom is -0.479 e. The van der Waals surface area contributed by atoms with E-state index in [1.165, 1.54) is 0 Å². The third kappa shape index (κ3) is 4.61. The summed E-state index contributed by atoms with van der Waals surface area (Å²) < 4.78 is 5.06. The Morgan fingerprint density at radius 2 is 1.87 bits per heavy atom. The molecule has 23 heavy (non-hydrogen) atoms. The Balaban J connectivity index is 2.26. The molecule has 0 aliphatic heterocycles. The molecule has 0 unspecified atom stereocenters. The lowest BCUT2D eigenvalue weighted by Gasteiger charge is -2.09. The summed E-state index contributed by atoms with van der Waals surface area (Å²) in [6.45, 7) is 1.35. The summed E-state index contributed by atoms with van der Waals surface area (Å²) in [6.07, 6.45) is 1.59. The number of halogens is 3. The number of benzene rings is 2. The van der Waals surface area contributed by atoms with Gasteiger partial charge in [-0.15, -0.1) is 0 Å². The Morgan fingerprint density at radius 3 is 2.48 bits per heavy atom. The molecule has 0 saturated heterocycles. The highest BCUT2D eigenvalue weighted by molar-refractivity contribution is 6.37. The second-order valence-electron chi connectivity index (χ2n) is 4.64. The zero-order valence-electron chi connectivity index (χ0n) is 12.0. The largest absolute Gasteiger partial charge is 0.479 e. The van der Waals surface area contributed by atoms with Crippen molar-refractivity contribution in [1.82, 2.24) is 0 Å². The van der Waals surface area contributed by atoms with Gasteiger partial charge in [-0.1, -0.05) is 40.9 Å². The molecule has 0 saturated carbocycles. The molecule has 0 amide bonds. The van der Waals surface area contributed by atoms with Crippen molar-refractivity contribution in [3.05, 3.63) is 56.5 Å². The molecule has 2 aromatic rings. The first-order valence-corrected chi connectivity index (χ1v) is 7.64. The highest BCUT2D eigenvalue weighted by atomic mass is 35.5. The normalized spacial score (nSPS) is 11.0. The summed E-state index contributed by atoms with van der Waals surface area (Å²) >= 11 is 18.2. The number of aliphatic carboxylic acids is 1. The van der Waals surface area contributed by atoms with Crippen LogP contribution in [-0.2, 0) is 4.79 Å². The molecule has 2 aromatic carbocycles.